The van der Waals surface area contributed by atoms with Gasteiger partial charge in [-0.2, -0.15) is 0 Å². The molecule has 0 aliphatic carbocycles. The molecule has 1 aromatic rings. The molecule has 2 N–H and O–H groups in total. The minimum absolute atomic E-state index is 0. The van der Waals surface area contributed by atoms with Gasteiger partial charge in [0.1, 0.15) is 5.69 Å². The number of halogens is 1. The molecule has 0 aliphatic heterocycles. The molecule has 5 nitrogen and oxygen atoms in total. The molecule has 0 amide bonds. The molecule has 0 atom stereocenters. The first-order valence-electron chi connectivity index (χ1n) is 3.88. The van der Waals surface area contributed by atoms with E-state index in [1.54, 1.807) is 13.8 Å². The number of hydrogen-bond acceptors (Lipinski definition) is 4. The van der Waals surface area contributed by atoms with E-state index < -0.39 is 4.92 Å². The van der Waals surface area contributed by atoms with Gasteiger partial charge in [-0.05, 0) is 19.4 Å². The zero-order valence-electron chi connectivity index (χ0n) is 7.98. The fourth-order valence-electron chi connectivity index (χ4n) is 1.13. The SMILES string of the molecule is Cc1cc([N+](=O)[O-])c(C)nc1CN.Cl. The lowest BCUT2D eigenvalue weighted by Crippen LogP contribution is -2.05. The Kier molecular flexibility index (Phi) is 4.46. The maximum absolute atomic E-state index is 10.5. The number of hydrogen-bond donors (Lipinski definition) is 1. The van der Waals surface area contributed by atoms with Crippen molar-refractivity contribution < 1.29 is 4.92 Å². The first kappa shape index (κ1) is 12.8. The molecule has 0 unspecified atom stereocenters. The number of nitro groups is 1. The Morgan fingerprint density at radius 2 is 2.14 bits per heavy atom. The van der Waals surface area contributed by atoms with Crippen molar-refractivity contribution >= 4 is 18.1 Å². The van der Waals surface area contributed by atoms with E-state index in [9.17, 15) is 10.1 Å². The Balaban J connectivity index is 0.00000169. The van der Waals surface area contributed by atoms with Crippen molar-refractivity contribution in [3.05, 3.63) is 33.1 Å². The van der Waals surface area contributed by atoms with Crippen LogP contribution in [-0.4, -0.2) is 9.91 Å². The summed E-state index contributed by atoms with van der Waals surface area (Å²) in [7, 11) is 0. The molecule has 0 saturated heterocycles. The van der Waals surface area contributed by atoms with Crippen molar-refractivity contribution in [2.45, 2.75) is 20.4 Å². The molecule has 78 valence electrons. The van der Waals surface area contributed by atoms with Gasteiger partial charge < -0.3 is 5.73 Å². The normalized spacial score (nSPS) is 9.36. The third-order valence-corrected chi connectivity index (χ3v) is 1.87. The van der Waals surface area contributed by atoms with Crippen LogP contribution in [0.2, 0.25) is 0 Å². The van der Waals surface area contributed by atoms with Crippen LogP contribution in [0.1, 0.15) is 17.0 Å². The summed E-state index contributed by atoms with van der Waals surface area (Å²) >= 11 is 0. The standard InChI is InChI=1S/C8H11N3O2.ClH/c1-5-3-8(11(12)13)6(2)10-7(5)4-9;/h3H,4,9H2,1-2H3;1H. The molecule has 1 rings (SSSR count). The summed E-state index contributed by atoms with van der Waals surface area (Å²) in [4.78, 5) is 14.1. The Labute approximate surface area is 87.9 Å². The van der Waals surface area contributed by atoms with Gasteiger partial charge in [0.25, 0.3) is 5.69 Å². The second kappa shape index (κ2) is 4.88. The lowest BCUT2D eigenvalue weighted by molar-refractivity contribution is -0.385. The largest absolute Gasteiger partial charge is 0.325 e. The van der Waals surface area contributed by atoms with Crippen LogP contribution >= 0.6 is 12.4 Å². The molecular formula is C8H12ClN3O2. The molecule has 1 aromatic heterocycles. The third-order valence-electron chi connectivity index (χ3n) is 1.87. The van der Waals surface area contributed by atoms with Gasteiger partial charge in [-0.3, -0.25) is 10.1 Å². The van der Waals surface area contributed by atoms with Crippen LogP contribution in [0, 0.1) is 24.0 Å². The Morgan fingerprint density at radius 3 is 2.57 bits per heavy atom. The van der Waals surface area contributed by atoms with Crippen molar-refractivity contribution in [3.8, 4) is 0 Å². The Bertz CT molecular complexity index is 355. The number of nitrogens with two attached hydrogens (primary N) is 1. The Hall–Kier alpha value is -1.20. The van der Waals surface area contributed by atoms with Crippen molar-refractivity contribution in [2.24, 2.45) is 5.73 Å². The first-order valence-corrected chi connectivity index (χ1v) is 3.88. The first-order chi connectivity index (χ1) is 6.06. The average Bonchev–Trinajstić information content (AvgIpc) is 2.07. The molecular weight excluding hydrogens is 206 g/mol. The van der Waals surface area contributed by atoms with E-state index in [4.69, 9.17) is 5.73 Å². The molecule has 6 heteroatoms. The third kappa shape index (κ3) is 2.40. The molecule has 0 saturated carbocycles. The molecule has 0 fully saturated rings. The van der Waals surface area contributed by atoms with Gasteiger partial charge in [-0.1, -0.05) is 0 Å². The van der Waals surface area contributed by atoms with Crippen LogP contribution in [0.5, 0.6) is 0 Å². The van der Waals surface area contributed by atoms with Crippen molar-refractivity contribution in [1.82, 2.24) is 4.98 Å². The number of aromatic nitrogens is 1. The number of aryl methyl sites for hydroxylation is 2. The smallest absolute Gasteiger partial charge is 0.290 e. The molecule has 14 heavy (non-hydrogen) atoms. The maximum Gasteiger partial charge on any atom is 0.290 e. The van der Waals surface area contributed by atoms with Gasteiger partial charge in [0.2, 0.25) is 0 Å². The summed E-state index contributed by atoms with van der Waals surface area (Å²) in [6.45, 7) is 3.68. The summed E-state index contributed by atoms with van der Waals surface area (Å²) in [5.41, 5.74) is 7.35. The van der Waals surface area contributed by atoms with Gasteiger partial charge in [0, 0.05) is 12.6 Å². The van der Waals surface area contributed by atoms with Crippen LogP contribution in [0.15, 0.2) is 6.07 Å². The predicted molar refractivity (Wildman–Crippen MR) is 55.5 cm³/mol. The van der Waals surface area contributed by atoms with E-state index in [0.29, 0.717) is 17.9 Å². The monoisotopic (exact) mass is 217 g/mol. The molecule has 1 heterocycles. The Morgan fingerprint density at radius 1 is 1.57 bits per heavy atom. The molecule has 0 aliphatic rings. The lowest BCUT2D eigenvalue weighted by Gasteiger charge is -2.03. The van der Waals surface area contributed by atoms with Crippen molar-refractivity contribution in [3.63, 3.8) is 0 Å². The summed E-state index contributed by atoms with van der Waals surface area (Å²) in [5.74, 6) is 0. The van der Waals surface area contributed by atoms with E-state index in [1.165, 1.54) is 6.07 Å². The minimum atomic E-state index is -0.435. The number of nitrogens with zero attached hydrogens (tertiary/aromatic N) is 2. The molecule has 0 spiro atoms. The molecule has 0 aromatic carbocycles. The van der Waals surface area contributed by atoms with Crippen LogP contribution < -0.4 is 5.73 Å². The molecule has 0 radical (unpaired) electrons. The maximum atomic E-state index is 10.5. The van der Waals surface area contributed by atoms with Crippen LogP contribution in [0.4, 0.5) is 5.69 Å². The highest BCUT2D eigenvalue weighted by atomic mass is 35.5. The van der Waals surface area contributed by atoms with Gasteiger partial charge in [-0.25, -0.2) is 4.98 Å². The van der Waals surface area contributed by atoms with Gasteiger partial charge in [0.05, 0.1) is 10.6 Å². The van der Waals surface area contributed by atoms with E-state index in [0.717, 1.165) is 5.56 Å². The lowest BCUT2D eigenvalue weighted by atomic mass is 10.2. The summed E-state index contributed by atoms with van der Waals surface area (Å²) in [6, 6.07) is 1.50. The quantitative estimate of drug-likeness (QED) is 0.601. The zero-order chi connectivity index (χ0) is 10.0. The van der Waals surface area contributed by atoms with Crippen LogP contribution in [-0.2, 0) is 6.54 Å². The van der Waals surface area contributed by atoms with Crippen LogP contribution in [0.3, 0.4) is 0 Å². The zero-order valence-corrected chi connectivity index (χ0v) is 8.80. The second-order valence-electron chi connectivity index (χ2n) is 2.82. The number of pyridine rings is 1. The summed E-state index contributed by atoms with van der Waals surface area (Å²) in [6.07, 6.45) is 0. The fraction of sp³-hybridized carbons (Fsp3) is 0.375. The van der Waals surface area contributed by atoms with E-state index in [-0.39, 0.29) is 18.1 Å². The van der Waals surface area contributed by atoms with Gasteiger partial charge >= 0.3 is 0 Å². The van der Waals surface area contributed by atoms with Crippen molar-refractivity contribution in [1.29, 1.82) is 0 Å². The topological polar surface area (TPSA) is 82.0 Å². The molecule has 0 bridgehead atoms. The van der Waals surface area contributed by atoms with E-state index in [2.05, 4.69) is 4.98 Å². The van der Waals surface area contributed by atoms with Gasteiger partial charge in [0.15, 0.2) is 0 Å². The highest BCUT2D eigenvalue weighted by Gasteiger charge is 2.13. The van der Waals surface area contributed by atoms with E-state index >= 15 is 0 Å². The predicted octanol–water partition coefficient (Wildman–Crippen LogP) is 1.49. The van der Waals surface area contributed by atoms with Crippen LogP contribution in [0.25, 0.3) is 0 Å². The highest BCUT2D eigenvalue weighted by molar-refractivity contribution is 5.85. The summed E-state index contributed by atoms with van der Waals surface area (Å²) < 4.78 is 0. The average molecular weight is 218 g/mol. The highest BCUT2D eigenvalue weighted by Crippen LogP contribution is 2.18. The van der Waals surface area contributed by atoms with Gasteiger partial charge in [-0.15, -0.1) is 12.4 Å². The second-order valence-corrected chi connectivity index (χ2v) is 2.82. The number of rotatable bonds is 2. The van der Waals surface area contributed by atoms with Crippen molar-refractivity contribution in [2.75, 3.05) is 0 Å². The fourth-order valence-corrected chi connectivity index (χ4v) is 1.13. The summed E-state index contributed by atoms with van der Waals surface area (Å²) in [5, 5.41) is 10.5. The van der Waals surface area contributed by atoms with E-state index in [1.807, 2.05) is 0 Å². The minimum Gasteiger partial charge on any atom is -0.325 e.